The Balaban J connectivity index is 2.79. The van der Waals surface area contributed by atoms with Crippen LogP contribution in [0.2, 0.25) is 0 Å². The Hall–Kier alpha value is -1.85. The second kappa shape index (κ2) is 5.64. The predicted octanol–water partition coefficient (Wildman–Crippen LogP) is 2.05. The molecule has 0 fully saturated rings. The molecule has 1 atom stereocenters. The number of fused-ring (bicyclic) bond motifs is 1. The minimum Gasteiger partial charge on any atom is -0.478 e. The van der Waals surface area contributed by atoms with Crippen LogP contribution in [0.3, 0.4) is 0 Å². The van der Waals surface area contributed by atoms with Crippen LogP contribution >= 0.6 is 0 Å². The molecular weight excluding hydrogens is 256 g/mol. The fourth-order valence-corrected chi connectivity index (χ4v) is 2.78. The predicted molar refractivity (Wildman–Crippen MR) is 77.9 cm³/mol. The number of carboxylic acids is 1. The van der Waals surface area contributed by atoms with Crippen LogP contribution in [0.1, 0.15) is 41.1 Å². The van der Waals surface area contributed by atoms with Crippen molar-refractivity contribution in [3.63, 3.8) is 0 Å². The normalized spacial score (nSPS) is 12.8. The summed E-state index contributed by atoms with van der Waals surface area (Å²) in [5.41, 5.74) is 8.22. The van der Waals surface area contributed by atoms with E-state index in [-0.39, 0.29) is 5.56 Å². The van der Waals surface area contributed by atoms with E-state index in [1.165, 1.54) is 0 Å². The second-order valence-electron chi connectivity index (χ2n) is 4.97. The zero-order valence-electron chi connectivity index (χ0n) is 11.8. The molecule has 0 bridgehead atoms. The molecule has 0 saturated heterocycles. The van der Waals surface area contributed by atoms with Crippen molar-refractivity contribution in [2.24, 2.45) is 5.73 Å². The third-order valence-corrected chi connectivity index (χ3v) is 3.63. The number of hydrogen-bond donors (Lipinski definition) is 3. The van der Waals surface area contributed by atoms with E-state index >= 15 is 0 Å². The summed E-state index contributed by atoms with van der Waals surface area (Å²) in [5, 5.41) is 20.0. The van der Waals surface area contributed by atoms with E-state index < -0.39 is 12.1 Å². The van der Waals surface area contributed by atoms with Crippen molar-refractivity contribution < 1.29 is 15.0 Å². The van der Waals surface area contributed by atoms with Crippen molar-refractivity contribution in [3.8, 4) is 0 Å². The van der Waals surface area contributed by atoms with Gasteiger partial charge in [0, 0.05) is 28.7 Å². The van der Waals surface area contributed by atoms with E-state index in [2.05, 4.69) is 0 Å². The monoisotopic (exact) mass is 276 g/mol. The first-order valence-corrected chi connectivity index (χ1v) is 6.72. The van der Waals surface area contributed by atoms with Crippen molar-refractivity contribution in [2.45, 2.75) is 32.9 Å². The number of aromatic carboxylic acids is 1. The maximum atomic E-state index is 11.4. The lowest BCUT2D eigenvalue weighted by Crippen LogP contribution is -2.07. The zero-order chi connectivity index (χ0) is 14.9. The lowest BCUT2D eigenvalue weighted by molar-refractivity contribution is 0.0699. The van der Waals surface area contributed by atoms with Gasteiger partial charge in [0.25, 0.3) is 0 Å². The molecule has 0 saturated carbocycles. The van der Waals surface area contributed by atoms with Gasteiger partial charge in [0.05, 0.1) is 11.7 Å². The van der Waals surface area contributed by atoms with Crippen molar-refractivity contribution >= 4 is 16.9 Å². The fourth-order valence-electron chi connectivity index (χ4n) is 2.78. The van der Waals surface area contributed by atoms with Gasteiger partial charge in [0.2, 0.25) is 0 Å². The van der Waals surface area contributed by atoms with Crippen LogP contribution in [0.5, 0.6) is 0 Å². The lowest BCUT2D eigenvalue weighted by Gasteiger charge is -2.08. The molecule has 0 aliphatic rings. The van der Waals surface area contributed by atoms with E-state index in [0.717, 1.165) is 17.6 Å². The molecule has 0 radical (unpaired) electrons. The van der Waals surface area contributed by atoms with Crippen LogP contribution < -0.4 is 5.73 Å². The number of nitrogens with zero attached hydrogens (tertiary/aromatic N) is 1. The Bertz CT molecular complexity index is 644. The van der Waals surface area contributed by atoms with Crippen molar-refractivity contribution in [1.82, 2.24) is 4.57 Å². The van der Waals surface area contributed by atoms with E-state index in [1.807, 2.05) is 17.6 Å². The summed E-state index contributed by atoms with van der Waals surface area (Å²) in [6.07, 6.45) is 0.0957. The molecule has 0 aliphatic heterocycles. The molecule has 1 heterocycles. The quantitative estimate of drug-likeness (QED) is 0.779. The van der Waals surface area contributed by atoms with Crippen LogP contribution in [0, 0.1) is 6.92 Å². The highest BCUT2D eigenvalue weighted by Crippen LogP contribution is 2.33. The maximum Gasteiger partial charge on any atom is 0.336 e. The molecule has 2 rings (SSSR count). The number of benzene rings is 1. The van der Waals surface area contributed by atoms with E-state index in [4.69, 9.17) is 5.73 Å². The third kappa shape index (κ3) is 2.30. The first-order chi connectivity index (χ1) is 9.49. The largest absolute Gasteiger partial charge is 0.478 e. The molecule has 20 heavy (non-hydrogen) atoms. The van der Waals surface area contributed by atoms with Crippen LogP contribution in [-0.2, 0) is 6.54 Å². The van der Waals surface area contributed by atoms with E-state index in [1.54, 1.807) is 19.1 Å². The highest BCUT2D eigenvalue weighted by Gasteiger charge is 2.22. The smallest absolute Gasteiger partial charge is 0.336 e. The molecular formula is C15H20N2O3. The maximum absolute atomic E-state index is 11.4. The molecule has 0 spiro atoms. The standard InChI is InChI=1S/C15H20N2O3/c1-9-13(10(2)18)14-11(15(19)20)5-3-6-12(14)17(9)8-4-7-16/h3,5-6,10,18H,4,7-8,16H2,1-2H3,(H,19,20). The minimum absolute atomic E-state index is 0.230. The number of nitrogens with two attached hydrogens (primary N) is 1. The zero-order valence-corrected chi connectivity index (χ0v) is 11.8. The fraction of sp³-hybridized carbons (Fsp3) is 0.400. The molecule has 5 nitrogen and oxygen atoms in total. The van der Waals surface area contributed by atoms with Crippen molar-refractivity contribution in [3.05, 3.63) is 35.0 Å². The molecule has 5 heteroatoms. The SMILES string of the molecule is Cc1c(C(C)O)c2c(C(=O)O)cccc2n1CCCN. The molecule has 4 N–H and O–H groups in total. The van der Waals surface area contributed by atoms with Gasteiger partial charge in [0.1, 0.15) is 0 Å². The molecule has 1 aromatic heterocycles. The topological polar surface area (TPSA) is 88.5 Å². The summed E-state index contributed by atoms with van der Waals surface area (Å²) in [5.74, 6) is -0.978. The number of rotatable bonds is 5. The summed E-state index contributed by atoms with van der Waals surface area (Å²) >= 11 is 0. The second-order valence-corrected chi connectivity index (χ2v) is 4.97. The number of hydrogen-bond acceptors (Lipinski definition) is 3. The molecule has 0 aliphatic carbocycles. The van der Waals surface area contributed by atoms with Gasteiger partial charge in [-0.2, -0.15) is 0 Å². The van der Waals surface area contributed by atoms with E-state index in [0.29, 0.717) is 24.0 Å². The van der Waals surface area contributed by atoms with Gasteiger partial charge in [-0.25, -0.2) is 4.79 Å². The third-order valence-electron chi connectivity index (χ3n) is 3.63. The Morgan fingerprint density at radius 1 is 1.45 bits per heavy atom. The first-order valence-electron chi connectivity index (χ1n) is 6.72. The summed E-state index contributed by atoms with van der Waals surface area (Å²) in [6, 6.07) is 5.19. The highest BCUT2D eigenvalue weighted by atomic mass is 16.4. The molecule has 1 aromatic carbocycles. The van der Waals surface area contributed by atoms with Crippen LogP contribution in [0.15, 0.2) is 18.2 Å². The van der Waals surface area contributed by atoms with Crippen molar-refractivity contribution in [2.75, 3.05) is 6.54 Å². The Morgan fingerprint density at radius 3 is 2.70 bits per heavy atom. The molecule has 108 valence electrons. The van der Waals surface area contributed by atoms with Crippen LogP contribution in [0.4, 0.5) is 0 Å². The number of aromatic nitrogens is 1. The van der Waals surface area contributed by atoms with Crippen LogP contribution in [0.25, 0.3) is 10.9 Å². The first kappa shape index (κ1) is 14.6. The Labute approximate surface area is 117 Å². The Morgan fingerprint density at radius 2 is 2.15 bits per heavy atom. The molecule has 1 unspecified atom stereocenters. The van der Waals surface area contributed by atoms with Crippen LogP contribution in [-0.4, -0.2) is 27.3 Å². The minimum atomic E-state index is -0.978. The number of aliphatic hydroxyl groups is 1. The van der Waals surface area contributed by atoms with Gasteiger partial charge in [-0.15, -0.1) is 0 Å². The number of carboxylic acid groups (broad SMARTS) is 1. The Kier molecular flexibility index (Phi) is 4.11. The summed E-state index contributed by atoms with van der Waals surface area (Å²) in [4.78, 5) is 11.4. The summed E-state index contributed by atoms with van der Waals surface area (Å²) < 4.78 is 2.04. The number of carbonyl (C=O) groups is 1. The van der Waals surface area contributed by atoms with Gasteiger partial charge in [-0.05, 0) is 38.9 Å². The number of aliphatic hydroxyl groups excluding tert-OH is 1. The van der Waals surface area contributed by atoms with Gasteiger partial charge in [-0.3, -0.25) is 0 Å². The molecule has 2 aromatic rings. The average Bonchev–Trinajstić information content (AvgIpc) is 2.67. The lowest BCUT2D eigenvalue weighted by atomic mass is 10.0. The summed E-state index contributed by atoms with van der Waals surface area (Å²) in [6.45, 7) is 4.86. The van der Waals surface area contributed by atoms with Crippen molar-refractivity contribution in [1.29, 1.82) is 0 Å². The average molecular weight is 276 g/mol. The van der Waals surface area contributed by atoms with E-state index in [9.17, 15) is 15.0 Å². The molecule has 0 amide bonds. The number of aryl methyl sites for hydroxylation is 1. The van der Waals surface area contributed by atoms with Gasteiger partial charge in [0.15, 0.2) is 0 Å². The van der Waals surface area contributed by atoms with Gasteiger partial charge in [-0.1, -0.05) is 6.07 Å². The van der Waals surface area contributed by atoms with Gasteiger partial charge < -0.3 is 20.5 Å². The highest BCUT2D eigenvalue weighted by molar-refractivity contribution is 6.05. The summed E-state index contributed by atoms with van der Waals surface area (Å²) in [7, 11) is 0. The van der Waals surface area contributed by atoms with Gasteiger partial charge >= 0.3 is 5.97 Å².